The summed E-state index contributed by atoms with van der Waals surface area (Å²) in [6.07, 6.45) is -11.6. The molecule has 1 amide bonds. The number of nitrogens with zero attached hydrogens (tertiary/aromatic N) is 1. The van der Waals surface area contributed by atoms with E-state index in [0.29, 0.717) is 10.5 Å². The van der Waals surface area contributed by atoms with E-state index in [4.69, 9.17) is 0 Å². The van der Waals surface area contributed by atoms with Gasteiger partial charge in [-0.05, 0) is 18.1 Å². The molecule has 1 aromatic rings. The van der Waals surface area contributed by atoms with Crippen molar-refractivity contribution in [2.75, 3.05) is 11.4 Å². The van der Waals surface area contributed by atoms with Crippen molar-refractivity contribution in [2.45, 2.75) is 19.1 Å². The fraction of sp³-hybridized carbons (Fsp3) is 0.364. The molecule has 0 spiro atoms. The molecule has 21 heavy (non-hydrogen) atoms. The van der Waals surface area contributed by atoms with E-state index in [-0.39, 0.29) is 18.7 Å². The van der Waals surface area contributed by atoms with E-state index in [9.17, 15) is 31.1 Å². The van der Waals surface area contributed by atoms with Crippen molar-refractivity contribution >= 4 is 11.8 Å². The minimum absolute atomic E-state index is 0.106. The molecule has 0 saturated heterocycles. The zero-order valence-corrected chi connectivity index (χ0v) is 10.1. The molecule has 116 valence electrons. The number of anilines is 1. The molecular formula is C11H7F6NO3. The number of ether oxygens (including phenoxy) is 2. The Balaban J connectivity index is 2.22. The molecule has 4 nitrogen and oxygen atoms in total. The van der Waals surface area contributed by atoms with Crippen LogP contribution in [-0.2, 0) is 11.2 Å². The van der Waals surface area contributed by atoms with Gasteiger partial charge in [0.15, 0.2) is 0 Å². The highest BCUT2D eigenvalue weighted by Gasteiger charge is 2.38. The van der Waals surface area contributed by atoms with Crippen LogP contribution in [0.3, 0.4) is 0 Å². The van der Waals surface area contributed by atoms with E-state index in [1.54, 1.807) is 0 Å². The maximum Gasteiger partial charge on any atom is 0.576 e. The van der Waals surface area contributed by atoms with Crippen LogP contribution in [0.1, 0.15) is 5.56 Å². The predicted molar refractivity (Wildman–Crippen MR) is 56.7 cm³/mol. The van der Waals surface area contributed by atoms with Gasteiger partial charge in [-0.15, -0.1) is 26.3 Å². The molecular weight excluding hydrogens is 308 g/mol. The van der Waals surface area contributed by atoms with Crippen molar-refractivity contribution in [1.29, 1.82) is 0 Å². The monoisotopic (exact) mass is 315 g/mol. The topological polar surface area (TPSA) is 38.8 Å². The van der Waals surface area contributed by atoms with E-state index in [2.05, 4.69) is 9.47 Å². The third kappa shape index (κ3) is 3.92. The number of carbonyl (C=O) groups excluding carboxylic acids is 1. The predicted octanol–water partition coefficient (Wildman–Crippen LogP) is 3.60. The Labute approximate surface area is 113 Å². The molecule has 1 aliphatic heterocycles. The highest BCUT2D eigenvalue weighted by Crippen LogP contribution is 2.35. The van der Waals surface area contributed by atoms with Gasteiger partial charge in [-0.1, -0.05) is 6.07 Å². The lowest BCUT2D eigenvalue weighted by Crippen LogP contribution is -2.34. The van der Waals surface area contributed by atoms with Gasteiger partial charge in [0.25, 0.3) is 0 Å². The Hall–Kier alpha value is -2.13. The summed E-state index contributed by atoms with van der Waals surface area (Å²) in [6.45, 7) is -0.125. The number of fused-ring (bicyclic) bond motifs is 1. The second-order valence-electron chi connectivity index (χ2n) is 4.05. The first-order chi connectivity index (χ1) is 9.55. The first-order valence-electron chi connectivity index (χ1n) is 5.51. The summed E-state index contributed by atoms with van der Waals surface area (Å²) >= 11 is 0. The highest BCUT2D eigenvalue weighted by atomic mass is 19.4. The summed E-state index contributed by atoms with van der Waals surface area (Å²) in [4.78, 5) is 11.9. The Morgan fingerprint density at radius 2 is 1.76 bits per heavy atom. The number of rotatable bonds is 1. The van der Waals surface area contributed by atoms with Gasteiger partial charge in [-0.2, -0.15) is 0 Å². The summed E-state index contributed by atoms with van der Waals surface area (Å²) in [7, 11) is 0. The molecule has 2 rings (SSSR count). The lowest BCUT2D eigenvalue weighted by Gasteiger charge is -2.18. The molecule has 0 radical (unpaired) electrons. The number of alkyl halides is 6. The SMILES string of the molecule is O=C(OC(F)(F)F)N1CCc2ccc(OC(F)(F)F)cc21. The zero-order valence-electron chi connectivity index (χ0n) is 10.1. The van der Waals surface area contributed by atoms with Crippen LogP contribution in [0.15, 0.2) is 18.2 Å². The van der Waals surface area contributed by atoms with Crippen molar-refractivity contribution in [3.05, 3.63) is 23.8 Å². The fourth-order valence-electron chi connectivity index (χ4n) is 1.90. The van der Waals surface area contributed by atoms with Crippen molar-refractivity contribution < 1.29 is 40.6 Å². The van der Waals surface area contributed by atoms with Crippen molar-refractivity contribution in [3.8, 4) is 5.75 Å². The number of hydrogen-bond donors (Lipinski definition) is 0. The Bertz CT molecular complexity index is 554. The molecule has 0 atom stereocenters. The van der Waals surface area contributed by atoms with E-state index in [1.165, 1.54) is 6.07 Å². The quantitative estimate of drug-likeness (QED) is 0.743. The molecule has 1 heterocycles. The number of amides is 1. The molecule has 1 aliphatic rings. The first-order valence-corrected chi connectivity index (χ1v) is 5.51. The molecule has 0 N–H and O–H groups in total. The maximum absolute atomic E-state index is 12.1. The Kier molecular flexibility index (Phi) is 3.64. The van der Waals surface area contributed by atoms with Crippen molar-refractivity contribution in [3.63, 3.8) is 0 Å². The van der Waals surface area contributed by atoms with E-state index < -0.39 is 24.6 Å². The molecule has 1 aromatic carbocycles. The van der Waals surface area contributed by atoms with Crippen LogP contribution in [0.4, 0.5) is 36.8 Å². The van der Waals surface area contributed by atoms with Gasteiger partial charge >= 0.3 is 18.8 Å². The fourth-order valence-corrected chi connectivity index (χ4v) is 1.90. The van der Waals surface area contributed by atoms with Gasteiger partial charge in [-0.25, -0.2) is 4.79 Å². The number of benzene rings is 1. The van der Waals surface area contributed by atoms with Gasteiger partial charge in [0.05, 0.1) is 5.69 Å². The molecule has 0 unspecified atom stereocenters. The lowest BCUT2D eigenvalue weighted by molar-refractivity contribution is -0.290. The van der Waals surface area contributed by atoms with Gasteiger partial charge in [0, 0.05) is 12.6 Å². The van der Waals surface area contributed by atoms with E-state index in [1.807, 2.05) is 0 Å². The molecule has 0 aromatic heterocycles. The van der Waals surface area contributed by atoms with E-state index >= 15 is 0 Å². The van der Waals surface area contributed by atoms with E-state index in [0.717, 1.165) is 12.1 Å². The highest BCUT2D eigenvalue weighted by molar-refractivity contribution is 5.90. The first kappa shape index (κ1) is 15.3. The standard InChI is InChI=1S/C11H7F6NO3/c12-10(13,14)20-7-2-1-6-3-4-18(8(6)5-7)9(19)21-11(15,16)17/h1-2,5H,3-4H2. The third-order valence-electron chi connectivity index (χ3n) is 2.61. The molecule has 10 heteroatoms. The molecule has 0 bridgehead atoms. The van der Waals surface area contributed by atoms with Gasteiger partial charge in [0.1, 0.15) is 5.75 Å². The second-order valence-corrected chi connectivity index (χ2v) is 4.05. The number of halogens is 6. The summed E-state index contributed by atoms with van der Waals surface area (Å²) in [5, 5.41) is 0. The third-order valence-corrected chi connectivity index (χ3v) is 2.61. The Morgan fingerprint density at radius 3 is 2.33 bits per heavy atom. The van der Waals surface area contributed by atoms with Gasteiger partial charge in [0.2, 0.25) is 0 Å². The van der Waals surface area contributed by atoms with Crippen LogP contribution >= 0.6 is 0 Å². The van der Waals surface area contributed by atoms with Gasteiger partial charge in [-0.3, -0.25) is 4.90 Å². The second kappa shape index (κ2) is 5.01. The maximum atomic E-state index is 12.1. The summed E-state index contributed by atoms with van der Waals surface area (Å²) < 4.78 is 79.2. The summed E-state index contributed by atoms with van der Waals surface area (Å²) in [6, 6.07) is 3.11. The Morgan fingerprint density at radius 1 is 1.10 bits per heavy atom. The summed E-state index contributed by atoms with van der Waals surface area (Å²) in [5.74, 6) is -0.632. The van der Waals surface area contributed by atoms with Crippen LogP contribution in [-0.4, -0.2) is 25.4 Å². The minimum atomic E-state index is -5.17. The zero-order chi connectivity index (χ0) is 15.8. The van der Waals surface area contributed by atoms with Crippen molar-refractivity contribution in [1.82, 2.24) is 0 Å². The van der Waals surface area contributed by atoms with Crippen LogP contribution < -0.4 is 9.64 Å². The normalized spacial score (nSPS) is 14.9. The molecule has 0 fully saturated rings. The van der Waals surface area contributed by atoms with Crippen LogP contribution in [0.25, 0.3) is 0 Å². The summed E-state index contributed by atoms with van der Waals surface area (Å²) in [5.41, 5.74) is 0.314. The van der Waals surface area contributed by atoms with Crippen LogP contribution in [0, 0.1) is 0 Å². The lowest BCUT2D eigenvalue weighted by atomic mass is 10.1. The van der Waals surface area contributed by atoms with Crippen LogP contribution in [0.5, 0.6) is 5.75 Å². The molecule has 0 aliphatic carbocycles. The average Bonchev–Trinajstić information content (AvgIpc) is 2.67. The van der Waals surface area contributed by atoms with Gasteiger partial charge < -0.3 is 9.47 Å². The van der Waals surface area contributed by atoms with Crippen LogP contribution in [0.2, 0.25) is 0 Å². The molecule has 0 saturated carbocycles. The largest absolute Gasteiger partial charge is 0.576 e. The average molecular weight is 315 g/mol. The smallest absolute Gasteiger partial charge is 0.406 e. The van der Waals surface area contributed by atoms with Crippen molar-refractivity contribution in [2.24, 2.45) is 0 Å². The minimum Gasteiger partial charge on any atom is -0.406 e. The number of carbonyl (C=O) groups is 1. The number of hydrogen-bond acceptors (Lipinski definition) is 3.